The lowest BCUT2D eigenvalue weighted by Crippen LogP contribution is -2.23. The van der Waals surface area contributed by atoms with Crippen LogP contribution in [0.15, 0.2) is 71.6 Å². The number of carbonyl (C=O) groups is 1. The van der Waals surface area contributed by atoms with Gasteiger partial charge in [0.05, 0.1) is 4.90 Å². The number of fused-ring (bicyclic) bond motifs is 1. The zero-order valence-corrected chi connectivity index (χ0v) is 15.5. The van der Waals surface area contributed by atoms with Crippen LogP contribution in [0.1, 0.15) is 0 Å². The van der Waals surface area contributed by atoms with Crippen LogP contribution in [0.25, 0.3) is 10.8 Å². The Morgan fingerprint density at radius 2 is 1.58 bits per heavy atom. The largest absolute Gasteiger partial charge is 0.378 e. The third kappa shape index (κ3) is 4.03. The maximum absolute atomic E-state index is 12.6. The molecule has 0 unspecified atom stereocenters. The molecule has 0 saturated heterocycles. The number of carbonyl (C=O) groups excluding carboxylic acids is 1. The molecule has 1 N–H and O–H groups in total. The van der Waals surface area contributed by atoms with E-state index < -0.39 is 21.5 Å². The van der Waals surface area contributed by atoms with Crippen molar-refractivity contribution in [2.24, 2.45) is 0 Å². The van der Waals surface area contributed by atoms with Crippen LogP contribution in [-0.4, -0.2) is 34.2 Å². The summed E-state index contributed by atoms with van der Waals surface area (Å²) in [6, 6.07) is 19.6. The Bertz CT molecular complexity index is 1040. The van der Waals surface area contributed by atoms with Gasteiger partial charge in [0.2, 0.25) is 5.91 Å². The van der Waals surface area contributed by atoms with E-state index >= 15 is 0 Å². The highest BCUT2D eigenvalue weighted by Crippen LogP contribution is 2.20. The van der Waals surface area contributed by atoms with Gasteiger partial charge >= 0.3 is 0 Å². The maximum Gasteiger partial charge on any atom is 0.239 e. The Morgan fingerprint density at radius 3 is 2.23 bits per heavy atom. The Labute approximate surface area is 153 Å². The van der Waals surface area contributed by atoms with Crippen molar-refractivity contribution < 1.29 is 13.2 Å². The average Bonchev–Trinajstić information content (AvgIpc) is 2.61. The molecule has 0 radical (unpaired) electrons. The van der Waals surface area contributed by atoms with Crippen LogP contribution in [0, 0.1) is 0 Å². The minimum atomic E-state index is -3.71. The molecule has 0 spiro atoms. The number of anilines is 2. The molecule has 0 aliphatic heterocycles. The summed E-state index contributed by atoms with van der Waals surface area (Å²) >= 11 is 0. The molecule has 3 aromatic carbocycles. The van der Waals surface area contributed by atoms with Gasteiger partial charge in [-0.3, -0.25) is 4.79 Å². The fraction of sp³-hybridized carbons (Fsp3) is 0.150. The number of benzene rings is 3. The third-order valence-electron chi connectivity index (χ3n) is 4.07. The van der Waals surface area contributed by atoms with Crippen molar-refractivity contribution in [2.75, 3.05) is 30.1 Å². The molecule has 0 heterocycles. The smallest absolute Gasteiger partial charge is 0.239 e. The fourth-order valence-corrected chi connectivity index (χ4v) is 3.82. The number of hydrogen-bond acceptors (Lipinski definition) is 4. The van der Waals surface area contributed by atoms with Gasteiger partial charge in [-0.25, -0.2) is 8.42 Å². The summed E-state index contributed by atoms with van der Waals surface area (Å²) in [7, 11) is 0.128. The summed E-state index contributed by atoms with van der Waals surface area (Å²) in [4.78, 5) is 14.3. The Hall–Kier alpha value is -2.86. The lowest BCUT2D eigenvalue weighted by molar-refractivity contribution is -0.113. The molecular weight excluding hydrogens is 348 g/mol. The molecule has 0 aromatic heterocycles. The van der Waals surface area contributed by atoms with Crippen molar-refractivity contribution in [1.82, 2.24) is 0 Å². The molecule has 26 heavy (non-hydrogen) atoms. The first-order valence-electron chi connectivity index (χ1n) is 8.14. The Balaban J connectivity index is 1.74. The summed E-state index contributed by atoms with van der Waals surface area (Å²) in [5.41, 5.74) is 1.56. The Morgan fingerprint density at radius 1 is 0.923 bits per heavy atom. The molecule has 0 bridgehead atoms. The zero-order valence-electron chi connectivity index (χ0n) is 14.6. The summed E-state index contributed by atoms with van der Waals surface area (Å²) in [6.07, 6.45) is 0. The van der Waals surface area contributed by atoms with E-state index in [1.807, 2.05) is 55.4 Å². The lowest BCUT2D eigenvalue weighted by Gasteiger charge is -2.13. The number of nitrogens with zero attached hydrogens (tertiary/aromatic N) is 1. The molecule has 1 amide bonds. The zero-order chi connectivity index (χ0) is 18.7. The van der Waals surface area contributed by atoms with Crippen molar-refractivity contribution in [3.05, 3.63) is 66.7 Å². The van der Waals surface area contributed by atoms with Crippen LogP contribution in [0.5, 0.6) is 0 Å². The van der Waals surface area contributed by atoms with Gasteiger partial charge in [-0.1, -0.05) is 30.3 Å². The van der Waals surface area contributed by atoms with E-state index in [9.17, 15) is 13.2 Å². The number of nitrogens with one attached hydrogen (secondary N) is 1. The molecule has 5 nitrogen and oxygen atoms in total. The SMILES string of the molecule is CN(C)c1ccc(NC(=O)CS(=O)(=O)c2ccc3ccccc3c2)cc1. The molecule has 0 saturated carbocycles. The van der Waals surface area contributed by atoms with Gasteiger partial charge in [0.25, 0.3) is 0 Å². The molecular formula is C20H20N2O3S. The second-order valence-electron chi connectivity index (χ2n) is 6.26. The van der Waals surface area contributed by atoms with E-state index in [2.05, 4.69) is 5.32 Å². The summed E-state index contributed by atoms with van der Waals surface area (Å²) in [6.45, 7) is 0. The second-order valence-corrected chi connectivity index (χ2v) is 8.25. The normalized spacial score (nSPS) is 11.3. The van der Waals surface area contributed by atoms with Crippen molar-refractivity contribution in [1.29, 1.82) is 0 Å². The van der Waals surface area contributed by atoms with E-state index in [1.54, 1.807) is 24.3 Å². The molecule has 0 atom stereocenters. The van der Waals surface area contributed by atoms with Gasteiger partial charge in [-0.15, -0.1) is 0 Å². The number of sulfone groups is 1. The molecule has 0 aliphatic carbocycles. The average molecular weight is 368 g/mol. The van der Waals surface area contributed by atoms with Gasteiger partial charge < -0.3 is 10.2 Å². The standard InChI is InChI=1S/C20H20N2O3S/c1-22(2)18-10-8-17(9-11-18)21-20(23)14-26(24,25)19-12-7-15-5-3-4-6-16(15)13-19/h3-13H,14H2,1-2H3,(H,21,23). The maximum atomic E-state index is 12.6. The van der Waals surface area contributed by atoms with E-state index in [-0.39, 0.29) is 4.90 Å². The first kappa shape index (κ1) is 17.9. The number of hydrogen-bond donors (Lipinski definition) is 1. The van der Waals surface area contributed by atoms with Crippen LogP contribution in [0.2, 0.25) is 0 Å². The molecule has 6 heteroatoms. The topological polar surface area (TPSA) is 66.5 Å². The van der Waals surface area contributed by atoms with Crippen LogP contribution < -0.4 is 10.2 Å². The molecule has 3 aromatic rings. The Kier molecular flexibility index (Phi) is 4.95. The third-order valence-corrected chi connectivity index (χ3v) is 5.68. The molecule has 0 aliphatic rings. The highest BCUT2D eigenvalue weighted by atomic mass is 32.2. The van der Waals surface area contributed by atoms with E-state index in [0.717, 1.165) is 16.5 Å². The van der Waals surface area contributed by atoms with Gasteiger partial charge in [0.15, 0.2) is 9.84 Å². The summed E-state index contributed by atoms with van der Waals surface area (Å²) < 4.78 is 25.1. The number of rotatable bonds is 5. The van der Waals surface area contributed by atoms with Gasteiger partial charge in [-0.2, -0.15) is 0 Å². The van der Waals surface area contributed by atoms with Crippen LogP contribution >= 0.6 is 0 Å². The molecule has 3 rings (SSSR count). The van der Waals surface area contributed by atoms with Crippen LogP contribution in [0.3, 0.4) is 0 Å². The lowest BCUT2D eigenvalue weighted by atomic mass is 10.1. The monoisotopic (exact) mass is 368 g/mol. The predicted molar refractivity (Wildman–Crippen MR) is 105 cm³/mol. The minimum Gasteiger partial charge on any atom is -0.378 e. The van der Waals surface area contributed by atoms with Crippen molar-refractivity contribution in [3.8, 4) is 0 Å². The second kappa shape index (κ2) is 7.17. The highest BCUT2D eigenvalue weighted by Gasteiger charge is 2.19. The van der Waals surface area contributed by atoms with Crippen LogP contribution in [0.4, 0.5) is 11.4 Å². The predicted octanol–water partition coefficient (Wildman–Crippen LogP) is 3.32. The molecule has 134 valence electrons. The summed E-state index contributed by atoms with van der Waals surface area (Å²) in [5.74, 6) is -1.16. The fourth-order valence-electron chi connectivity index (χ4n) is 2.66. The highest BCUT2D eigenvalue weighted by molar-refractivity contribution is 7.92. The minimum absolute atomic E-state index is 0.148. The van der Waals surface area contributed by atoms with Crippen LogP contribution in [-0.2, 0) is 14.6 Å². The first-order chi connectivity index (χ1) is 12.3. The first-order valence-corrected chi connectivity index (χ1v) is 9.79. The van der Waals surface area contributed by atoms with E-state index in [4.69, 9.17) is 0 Å². The summed E-state index contributed by atoms with van der Waals surface area (Å²) in [5, 5.41) is 4.42. The van der Waals surface area contributed by atoms with Gasteiger partial charge in [0, 0.05) is 25.5 Å². The van der Waals surface area contributed by atoms with E-state index in [0.29, 0.717) is 5.69 Å². The van der Waals surface area contributed by atoms with Crippen molar-refractivity contribution in [2.45, 2.75) is 4.90 Å². The van der Waals surface area contributed by atoms with Gasteiger partial charge in [0.1, 0.15) is 5.75 Å². The quantitative estimate of drug-likeness (QED) is 0.750. The van der Waals surface area contributed by atoms with E-state index in [1.165, 1.54) is 6.07 Å². The molecule has 0 fully saturated rings. The number of amides is 1. The van der Waals surface area contributed by atoms with Crippen molar-refractivity contribution >= 4 is 37.9 Å². The van der Waals surface area contributed by atoms with Crippen molar-refractivity contribution in [3.63, 3.8) is 0 Å². The van der Waals surface area contributed by atoms with Gasteiger partial charge in [-0.05, 0) is 47.2 Å².